The van der Waals surface area contributed by atoms with Gasteiger partial charge in [-0.25, -0.2) is 16.8 Å². The smallest absolute Gasteiger partial charge is 0.213 e. The predicted molar refractivity (Wildman–Crippen MR) is 89.4 cm³/mol. The van der Waals surface area contributed by atoms with Crippen LogP contribution in [0.3, 0.4) is 0 Å². The van der Waals surface area contributed by atoms with Crippen molar-refractivity contribution in [2.75, 3.05) is 12.5 Å². The third-order valence-corrected chi connectivity index (χ3v) is 6.45. The summed E-state index contributed by atoms with van der Waals surface area (Å²) in [5.74, 6) is 0. The lowest BCUT2D eigenvalue weighted by atomic mass is 9.52. The zero-order valence-electron chi connectivity index (χ0n) is 12.2. The van der Waals surface area contributed by atoms with E-state index in [4.69, 9.17) is 0 Å². The number of sulfonamides is 2. The minimum absolute atomic E-state index is 0.560. The molecule has 2 rings (SSSR count). The number of hydrogen-bond acceptors (Lipinski definition) is 4. The van der Waals surface area contributed by atoms with Crippen LogP contribution in [0.25, 0.3) is 0 Å². The molecule has 22 heavy (non-hydrogen) atoms. The number of benzene rings is 2. The van der Waals surface area contributed by atoms with Gasteiger partial charge in [0.1, 0.15) is 0 Å². The molecule has 0 saturated heterocycles. The molecule has 8 heteroatoms. The lowest BCUT2D eigenvalue weighted by molar-refractivity contribution is 0.558. The summed E-state index contributed by atoms with van der Waals surface area (Å²) in [5, 5.41) is 0. The molecule has 0 radical (unpaired) electrons. The number of rotatable bonds is 5. The highest BCUT2D eigenvalue weighted by Crippen LogP contribution is 2.10. The van der Waals surface area contributed by atoms with Crippen LogP contribution >= 0.6 is 0 Å². The zero-order valence-corrected chi connectivity index (χ0v) is 13.9. The van der Waals surface area contributed by atoms with Crippen molar-refractivity contribution in [1.29, 1.82) is 0 Å². The molecule has 0 bridgehead atoms. The van der Waals surface area contributed by atoms with Gasteiger partial charge in [-0.2, -0.15) is 0 Å². The Labute approximate surface area is 131 Å². The molecule has 0 aliphatic rings. The summed E-state index contributed by atoms with van der Waals surface area (Å²) in [6, 6.07) is 17.4. The molecule has 0 heterocycles. The summed E-state index contributed by atoms with van der Waals surface area (Å²) in [5.41, 5.74) is 1.18. The molecule has 0 unspecified atom stereocenters. The van der Waals surface area contributed by atoms with Crippen molar-refractivity contribution >= 4 is 37.8 Å². The Balaban J connectivity index is 2.73. The quantitative estimate of drug-likeness (QED) is 0.721. The van der Waals surface area contributed by atoms with E-state index < -0.39 is 26.9 Å². The highest BCUT2D eigenvalue weighted by molar-refractivity contribution is 8.05. The summed E-state index contributed by atoms with van der Waals surface area (Å²) in [6.07, 6.45) is 1.79. The lowest BCUT2D eigenvalue weighted by Gasteiger charge is -2.25. The summed E-state index contributed by atoms with van der Waals surface area (Å²) >= 11 is 0. The predicted octanol–water partition coefficient (Wildman–Crippen LogP) is 0.0135. The molecule has 5 nitrogen and oxygen atoms in total. The van der Waals surface area contributed by atoms with Gasteiger partial charge >= 0.3 is 6.85 Å². The molecule has 0 N–H and O–H groups in total. The number of nitrogens with zero attached hydrogens (tertiary/aromatic N) is 1. The van der Waals surface area contributed by atoms with E-state index in [1.54, 1.807) is 60.7 Å². The van der Waals surface area contributed by atoms with Gasteiger partial charge < -0.3 is 0 Å². The van der Waals surface area contributed by atoms with Crippen molar-refractivity contribution in [3.8, 4) is 0 Å². The van der Waals surface area contributed by atoms with Crippen LogP contribution in [0, 0.1) is 0 Å². The fourth-order valence-electron chi connectivity index (χ4n) is 2.34. The molecular weight excluding hydrogens is 321 g/mol. The first-order chi connectivity index (χ1) is 10.2. The fraction of sp³-hybridized carbons (Fsp3) is 0.143. The van der Waals surface area contributed by atoms with E-state index in [1.807, 2.05) is 0 Å². The van der Waals surface area contributed by atoms with Gasteiger partial charge in [-0.1, -0.05) is 71.6 Å². The Bertz CT molecular complexity index is 765. The van der Waals surface area contributed by atoms with E-state index in [-0.39, 0.29) is 0 Å². The van der Waals surface area contributed by atoms with E-state index in [0.717, 1.165) is 12.5 Å². The monoisotopic (exact) mass is 337 g/mol. The van der Waals surface area contributed by atoms with E-state index in [2.05, 4.69) is 0 Å². The summed E-state index contributed by atoms with van der Waals surface area (Å²) in [7, 11) is -7.95. The normalized spacial score (nSPS) is 12.3. The SMILES string of the molecule is CS(=O)(=O)N(B(c1ccccc1)c1ccccc1)S(C)(=O)=O. The van der Waals surface area contributed by atoms with Crippen LogP contribution in [0.5, 0.6) is 0 Å². The van der Waals surface area contributed by atoms with Crippen LogP contribution in [0.4, 0.5) is 0 Å². The molecule has 0 saturated carbocycles. The Morgan fingerprint density at radius 1 is 0.682 bits per heavy atom. The van der Waals surface area contributed by atoms with E-state index in [9.17, 15) is 16.8 Å². The first-order valence-corrected chi connectivity index (χ1v) is 10.2. The maximum absolute atomic E-state index is 12.1. The zero-order chi connectivity index (χ0) is 16.4. The molecule has 0 spiro atoms. The second kappa shape index (κ2) is 6.24. The van der Waals surface area contributed by atoms with Crippen LogP contribution in [0.2, 0.25) is 0 Å². The second-order valence-electron chi connectivity index (χ2n) is 4.98. The van der Waals surface area contributed by atoms with Crippen LogP contribution in [0.15, 0.2) is 60.7 Å². The average Bonchev–Trinajstić information content (AvgIpc) is 2.44. The van der Waals surface area contributed by atoms with Crippen LogP contribution in [-0.2, 0) is 20.0 Å². The van der Waals surface area contributed by atoms with Gasteiger partial charge in [0.2, 0.25) is 20.0 Å². The molecule has 2 aromatic carbocycles. The van der Waals surface area contributed by atoms with Crippen molar-refractivity contribution in [2.45, 2.75) is 0 Å². The van der Waals surface area contributed by atoms with Gasteiger partial charge in [0.25, 0.3) is 0 Å². The fourth-order valence-corrected chi connectivity index (χ4v) is 5.56. The average molecular weight is 337 g/mol. The molecular formula is C14H16BNO4S2. The lowest BCUT2D eigenvalue weighted by Crippen LogP contribution is -2.59. The number of hydrogen-bond donors (Lipinski definition) is 0. The van der Waals surface area contributed by atoms with E-state index >= 15 is 0 Å². The molecule has 0 fully saturated rings. The molecule has 0 aromatic heterocycles. The second-order valence-corrected chi connectivity index (χ2v) is 8.93. The van der Waals surface area contributed by atoms with Gasteiger partial charge in [0, 0.05) is 0 Å². The third-order valence-electron chi connectivity index (χ3n) is 3.10. The topological polar surface area (TPSA) is 71.5 Å². The molecule has 0 aliphatic heterocycles. The van der Waals surface area contributed by atoms with Gasteiger partial charge in [-0.15, -0.1) is 3.62 Å². The van der Waals surface area contributed by atoms with Gasteiger partial charge in [0.15, 0.2) is 0 Å². The van der Waals surface area contributed by atoms with Crippen molar-refractivity contribution in [3.63, 3.8) is 0 Å². The van der Waals surface area contributed by atoms with E-state index in [1.165, 1.54) is 0 Å². The van der Waals surface area contributed by atoms with Crippen molar-refractivity contribution in [2.24, 2.45) is 0 Å². The van der Waals surface area contributed by atoms with Crippen LogP contribution < -0.4 is 10.9 Å². The highest BCUT2D eigenvalue weighted by Gasteiger charge is 2.40. The maximum atomic E-state index is 12.1. The summed E-state index contributed by atoms with van der Waals surface area (Å²) in [6.45, 7) is -0.924. The van der Waals surface area contributed by atoms with Crippen LogP contribution in [0.1, 0.15) is 0 Å². The van der Waals surface area contributed by atoms with Gasteiger partial charge in [-0.05, 0) is 0 Å². The third kappa shape index (κ3) is 3.76. The first-order valence-electron chi connectivity index (χ1n) is 6.51. The molecule has 0 aliphatic carbocycles. The minimum Gasteiger partial charge on any atom is -0.213 e. The Hall–Kier alpha value is -1.64. The van der Waals surface area contributed by atoms with Crippen molar-refractivity contribution in [1.82, 2.24) is 3.62 Å². The maximum Gasteiger partial charge on any atom is 0.328 e. The van der Waals surface area contributed by atoms with E-state index in [0.29, 0.717) is 14.5 Å². The molecule has 0 atom stereocenters. The highest BCUT2D eigenvalue weighted by atomic mass is 32.3. The van der Waals surface area contributed by atoms with Gasteiger partial charge in [0.05, 0.1) is 12.5 Å². The van der Waals surface area contributed by atoms with Crippen molar-refractivity contribution < 1.29 is 16.8 Å². The molecule has 116 valence electrons. The Morgan fingerprint density at radius 3 is 1.27 bits per heavy atom. The molecule has 0 amide bonds. The van der Waals surface area contributed by atoms with Crippen molar-refractivity contribution in [3.05, 3.63) is 60.7 Å². The summed E-state index contributed by atoms with van der Waals surface area (Å²) in [4.78, 5) is 0. The molecule has 2 aromatic rings. The minimum atomic E-state index is -3.97. The largest absolute Gasteiger partial charge is 0.328 e. The Kier molecular flexibility index (Phi) is 4.74. The Morgan fingerprint density at radius 2 is 1.00 bits per heavy atom. The van der Waals surface area contributed by atoms with Crippen LogP contribution in [-0.4, -0.2) is 39.8 Å². The summed E-state index contributed by atoms with van der Waals surface area (Å²) < 4.78 is 49.0. The van der Waals surface area contributed by atoms with Gasteiger partial charge in [-0.3, -0.25) is 0 Å². The standard InChI is InChI=1S/C14H16BNO4S2/c1-21(17,18)16(22(2,19)20)15(13-9-5-3-6-10-13)14-11-7-4-8-12-14/h3-12H,1-2H3. The first kappa shape index (κ1) is 16.7.